The molecule has 0 N–H and O–H groups in total. The van der Waals surface area contributed by atoms with Gasteiger partial charge in [-0.1, -0.05) is 54.6 Å². The lowest BCUT2D eigenvalue weighted by Crippen LogP contribution is -2.30. The number of para-hydroxylation sites is 1. The zero-order chi connectivity index (χ0) is 21.4. The van der Waals surface area contributed by atoms with Crippen LogP contribution in [-0.2, 0) is 16.1 Å². The van der Waals surface area contributed by atoms with Crippen LogP contribution >= 0.6 is 0 Å². The minimum Gasteiger partial charge on any atom is -0.466 e. The minimum atomic E-state index is -0.394. The quantitative estimate of drug-likeness (QED) is 0.454. The Labute approximate surface area is 181 Å². The van der Waals surface area contributed by atoms with E-state index in [4.69, 9.17) is 4.74 Å². The van der Waals surface area contributed by atoms with E-state index in [0.717, 1.165) is 35.1 Å². The van der Waals surface area contributed by atoms with Crippen molar-refractivity contribution in [3.63, 3.8) is 0 Å². The van der Waals surface area contributed by atoms with Crippen molar-refractivity contribution in [3.05, 3.63) is 95.8 Å². The Hall–Kier alpha value is -3.60. The number of carbonyl (C=O) groups excluding carboxylic acids is 2. The smallest absolute Gasteiger partial charge is 0.330 e. The number of hydrogen-bond acceptors (Lipinski definition) is 4. The molecule has 156 valence electrons. The molecule has 5 heteroatoms. The first-order valence-corrected chi connectivity index (χ1v) is 10.5. The van der Waals surface area contributed by atoms with Crippen LogP contribution in [0.4, 0.5) is 0 Å². The van der Waals surface area contributed by atoms with Gasteiger partial charge in [0.2, 0.25) is 5.91 Å². The maximum atomic E-state index is 13.3. The fourth-order valence-corrected chi connectivity index (χ4v) is 4.78. The Morgan fingerprint density at radius 2 is 1.90 bits per heavy atom. The highest BCUT2D eigenvalue weighted by Gasteiger charge is 2.37. The van der Waals surface area contributed by atoms with Crippen LogP contribution in [0, 0.1) is 5.92 Å². The summed E-state index contributed by atoms with van der Waals surface area (Å²) >= 11 is 0. The summed E-state index contributed by atoms with van der Waals surface area (Å²) in [6, 6.07) is 20.6. The molecule has 3 aromatic rings. The van der Waals surface area contributed by atoms with Crippen molar-refractivity contribution in [2.45, 2.75) is 25.4 Å². The molecular weight excluding hydrogens is 388 g/mol. The molecule has 31 heavy (non-hydrogen) atoms. The lowest BCUT2D eigenvalue weighted by atomic mass is 9.85. The molecule has 5 rings (SSSR count). The van der Waals surface area contributed by atoms with E-state index in [0.29, 0.717) is 6.42 Å². The molecule has 0 amide bonds. The van der Waals surface area contributed by atoms with E-state index in [1.165, 1.54) is 18.7 Å². The highest BCUT2D eigenvalue weighted by Crippen LogP contribution is 2.43. The van der Waals surface area contributed by atoms with Gasteiger partial charge < -0.3 is 9.64 Å². The average Bonchev–Trinajstić information content (AvgIpc) is 3.13. The zero-order valence-electron chi connectivity index (χ0n) is 17.4. The largest absolute Gasteiger partial charge is 0.466 e. The van der Waals surface area contributed by atoms with E-state index in [1.807, 2.05) is 41.0 Å². The van der Waals surface area contributed by atoms with Crippen LogP contribution in [0.2, 0.25) is 0 Å². The average molecular weight is 412 g/mol. The van der Waals surface area contributed by atoms with E-state index < -0.39 is 5.97 Å². The molecule has 0 saturated carbocycles. The summed E-state index contributed by atoms with van der Waals surface area (Å²) in [4.78, 5) is 27.3. The normalized spacial score (nSPS) is 20.5. The molecular formula is C26H24N2O3. The number of nitrogens with zero attached hydrogens (tertiary/aromatic N) is 2. The zero-order valence-corrected chi connectivity index (χ0v) is 17.4. The van der Waals surface area contributed by atoms with E-state index in [9.17, 15) is 9.59 Å². The topological polar surface area (TPSA) is 51.5 Å². The van der Waals surface area contributed by atoms with Gasteiger partial charge in [0.1, 0.15) is 0 Å². The molecule has 2 aliphatic heterocycles. The molecule has 1 aromatic heterocycles. The van der Waals surface area contributed by atoms with Crippen molar-refractivity contribution in [1.82, 2.24) is 9.47 Å². The van der Waals surface area contributed by atoms with E-state index in [2.05, 4.69) is 35.4 Å². The van der Waals surface area contributed by atoms with Crippen molar-refractivity contribution in [3.8, 4) is 0 Å². The first-order chi connectivity index (χ1) is 15.1. The molecule has 0 aliphatic carbocycles. The fraction of sp³-hybridized carbons (Fsp3) is 0.231. The van der Waals surface area contributed by atoms with Gasteiger partial charge in [-0.15, -0.1) is 0 Å². The summed E-state index contributed by atoms with van der Waals surface area (Å²) in [5.41, 5.74) is 4.19. The number of allylic oxidation sites excluding steroid dienone is 2. The second kappa shape index (κ2) is 7.91. The maximum absolute atomic E-state index is 13.3. The van der Waals surface area contributed by atoms with Crippen LogP contribution < -0.4 is 0 Å². The molecule has 0 radical (unpaired) electrons. The molecule has 2 atom stereocenters. The molecule has 0 fully saturated rings. The van der Waals surface area contributed by atoms with Crippen molar-refractivity contribution in [1.29, 1.82) is 0 Å². The second-order valence-electron chi connectivity index (χ2n) is 8.15. The van der Waals surface area contributed by atoms with Crippen molar-refractivity contribution >= 4 is 22.8 Å². The summed E-state index contributed by atoms with van der Waals surface area (Å²) in [6.45, 7) is 0.726. The first-order valence-electron chi connectivity index (χ1n) is 10.5. The summed E-state index contributed by atoms with van der Waals surface area (Å²) in [5.74, 6) is -0.235. The van der Waals surface area contributed by atoms with Crippen LogP contribution in [0.5, 0.6) is 0 Å². The van der Waals surface area contributed by atoms with Crippen LogP contribution in [0.1, 0.15) is 34.9 Å². The third-order valence-corrected chi connectivity index (χ3v) is 6.27. The van der Waals surface area contributed by atoms with Crippen LogP contribution in [0.3, 0.4) is 0 Å². The number of ether oxygens (including phenoxy) is 1. The minimum absolute atomic E-state index is 0.0593. The van der Waals surface area contributed by atoms with Crippen molar-refractivity contribution < 1.29 is 14.3 Å². The molecule has 2 aromatic carbocycles. The van der Waals surface area contributed by atoms with E-state index in [1.54, 1.807) is 6.08 Å². The van der Waals surface area contributed by atoms with Gasteiger partial charge in [0, 0.05) is 36.3 Å². The first kappa shape index (κ1) is 19.4. The van der Waals surface area contributed by atoms with Gasteiger partial charge in [-0.3, -0.25) is 9.36 Å². The number of fused-ring (bicyclic) bond motifs is 6. The number of hydrogen-bond donors (Lipinski definition) is 0. The monoisotopic (exact) mass is 412 g/mol. The van der Waals surface area contributed by atoms with Gasteiger partial charge in [0.25, 0.3) is 0 Å². The third kappa shape index (κ3) is 3.56. The summed E-state index contributed by atoms with van der Waals surface area (Å²) in [7, 11) is 1.37. The predicted molar refractivity (Wildman–Crippen MR) is 119 cm³/mol. The van der Waals surface area contributed by atoms with Crippen LogP contribution in [0.15, 0.2) is 84.6 Å². The third-order valence-electron chi connectivity index (χ3n) is 6.27. The molecule has 2 bridgehead atoms. The Kier molecular flexibility index (Phi) is 4.94. The Morgan fingerprint density at radius 1 is 1.13 bits per heavy atom. The van der Waals surface area contributed by atoms with Crippen LogP contribution in [-0.4, -0.2) is 28.5 Å². The number of esters is 1. The van der Waals surface area contributed by atoms with Crippen molar-refractivity contribution in [2.24, 2.45) is 5.92 Å². The number of rotatable bonds is 4. The highest BCUT2D eigenvalue weighted by molar-refractivity contribution is 5.94. The number of aromatic nitrogens is 1. The molecule has 0 saturated heterocycles. The number of benzene rings is 2. The number of carbonyl (C=O) groups is 2. The Balaban J connectivity index is 1.61. The van der Waals surface area contributed by atoms with Crippen molar-refractivity contribution in [2.75, 3.05) is 7.11 Å². The van der Waals surface area contributed by atoms with Gasteiger partial charge in [0.15, 0.2) is 0 Å². The summed E-state index contributed by atoms with van der Waals surface area (Å²) in [6.07, 6.45) is 6.60. The van der Waals surface area contributed by atoms with Gasteiger partial charge in [-0.25, -0.2) is 4.79 Å². The van der Waals surface area contributed by atoms with Gasteiger partial charge in [-0.2, -0.15) is 0 Å². The summed E-state index contributed by atoms with van der Waals surface area (Å²) < 4.78 is 6.66. The molecule has 3 heterocycles. The Morgan fingerprint density at radius 3 is 2.71 bits per heavy atom. The van der Waals surface area contributed by atoms with E-state index >= 15 is 0 Å². The lowest BCUT2D eigenvalue weighted by molar-refractivity contribution is -0.134. The SMILES string of the molecule is COC(=O)/C=C/C1=CN(Cc2ccccc2)[C@H]2C[C@@H]1CC(=O)n1c2cc2ccccc21. The van der Waals surface area contributed by atoms with Gasteiger partial charge in [0.05, 0.1) is 18.7 Å². The second-order valence-corrected chi connectivity index (χ2v) is 8.15. The predicted octanol–water partition coefficient (Wildman–Crippen LogP) is 4.86. The van der Waals surface area contributed by atoms with E-state index in [-0.39, 0.29) is 17.9 Å². The number of methoxy groups -OCH3 is 1. The molecule has 2 aliphatic rings. The van der Waals surface area contributed by atoms with Gasteiger partial charge >= 0.3 is 5.97 Å². The van der Waals surface area contributed by atoms with Crippen LogP contribution in [0.25, 0.3) is 10.9 Å². The molecule has 0 spiro atoms. The Bertz CT molecular complexity index is 1210. The standard InChI is InChI=1S/C26H24N2O3/c1-31-26(30)12-11-20-17-27(16-18-7-3-2-4-8-18)23-14-21(20)15-25(29)28-22-10-6-5-9-19(22)13-24(23)28/h2-13,17,21,23H,14-16H2,1H3/b12-11+/t21-,23+/m1/s1. The molecule has 5 nitrogen and oxygen atoms in total. The highest BCUT2D eigenvalue weighted by atomic mass is 16.5. The molecule has 0 unspecified atom stereocenters. The lowest BCUT2D eigenvalue weighted by Gasteiger charge is -2.37. The summed E-state index contributed by atoms with van der Waals surface area (Å²) in [5, 5.41) is 1.09. The van der Waals surface area contributed by atoms with Gasteiger partial charge in [-0.05, 0) is 35.6 Å². The fourth-order valence-electron chi connectivity index (χ4n) is 4.78. The maximum Gasteiger partial charge on any atom is 0.330 e.